The molecule has 0 heterocycles. The lowest BCUT2D eigenvalue weighted by molar-refractivity contribution is -0.117. The van der Waals surface area contributed by atoms with Crippen LogP contribution in [0.2, 0.25) is 5.02 Å². The highest BCUT2D eigenvalue weighted by molar-refractivity contribution is 7.92. The summed E-state index contributed by atoms with van der Waals surface area (Å²) in [6.07, 6.45) is 1.77. The van der Waals surface area contributed by atoms with Gasteiger partial charge in [-0.05, 0) is 49.2 Å². The molecular formula is C17H14ClN3O3S. The molecule has 1 saturated carbocycles. The number of halogens is 1. The lowest BCUT2D eigenvalue weighted by Gasteiger charge is -2.11. The molecule has 0 saturated heterocycles. The number of amides is 1. The van der Waals surface area contributed by atoms with Crippen molar-refractivity contribution in [1.82, 2.24) is 0 Å². The Morgan fingerprint density at radius 3 is 2.52 bits per heavy atom. The summed E-state index contributed by atoms with van der Waals surface area (Å²) < 4.78 is 27.4. The fraction of sp³-hybridized carbons (Fsp3) is 0.176. The van der Waals surface area contributed by atoms with Crippen molar-refractivity contribution in [2.45, 2.75) is 17.7 Å². The van der Waals surface area contributed by atoms with Gasteiger partial charge in [0.25, 0.3) is 10.0 Å². The summed E-state index contributed by atoms with van der Waals surface area (Å²) in [7, 11) is -3.87. The maximum Gasteiger partial charge on any atom is 0.261 e. The molecule has 1 amide bonds. The van der Waals surface area contributed by atoms with Crippen molar-refractivity contribution in [2.75, 3.05) is 10.0 Å². The fourth-order valence-corrected chi connectivity index (χ4v) is 3.58. The third kappa shape index (κ3) is 4.10. The van der Waals surface area contributed by atoms with E-state index in [1.807, 2.05) is 6.07 Å². The fourth-order valence-electron chi connectivity index (χ4n) is 2.22. The molecule has 0 bridgehead atoms. The predicted octanol–water partition coefficient (Wildman–Crippen LogP) is 3.36. The van der Waals surface area contributed by atoms with E-state index in [0.29, 0.717) is 11.4 Å². The number of hydrogen-bond acceptors (Lipinski definition) is 4. The molecule has 2 aromatic carbocycles. The van der Waals surface area contributed by atoms with Gasteiger partial charge in [-0.2, -0.15) is 5.26 Å². The Morgan fingerprint density at radius 1 is 1.16 bits per heavy atom. The van der Waals surface area contributed by atoms with Gasteiger partial charge in [0.05, 0.1) is 21.2 Å². The summed E-state index contributed by atoms with van der Waals surface area (Å²) >= 11 is 5.89. The summed E-state index contributed by atoms with van der Waals surface area (Å²) in [5.74, 6) is 0.0000184. The Kier molecular flexibility index (Phi) is 4.66. The van der Waals surface area contributed by atoms with E-state index < -0.39 is 10.0 Å². The molecule has 1 aliphatic rings. The topological polar surface area (TPSA) is 99.1 Å². The Balaban J connectivity index is 1.79. The Labute approximate surface area is 150 Å². The summed E-state index contributed by atoms with van der Waals surface area (Å²) in [4.78, 5) is 11.7. The van der Waals surface area contributed by atoms with Crippen LogP contribution in [-0.2, 0) is 14.8 Å². The zero-order valence-corrected chi connectivity index (χ0v) is 14.6. The Hall–Kier alpha value is -2.56. The summed E-state index contributed by atoms with van der Waals surface area (Å²) in [6, 6.07) is 12.2. The van der Waals surface area contributed by atoms with E-state index in [4.69, 9.17) is 16.9 Å². The number of carbonyl (C=O) groups excluding carboxylic acids is 1. The molecule has 1 aliphatic carbocycles. The normalized spacial score (nSPS) is 13.8. The Bertz CT molecular complexity index is 979. The van der Waals surface area contributed by atoms with E-state index in [2.05, 4.69) is 10.0 Å². The van der Waals surface area contributed by atoms with Crippen LogP contribution in [0.15, 0.2) is 47.4 Å². The molecule has 25 heavy (non-hydrogen) atoms. The van der Waals surface area contributed by atoms with Gasteiger partial charge in [-0.3, -0.25) is 9.52 Å². The molecule has 1 fully saturated rings. The van der Waals surface area contributed by atoms with Crippen LogP contribution in [-0.4, -0.2) is 14.3 Å². The zero-order chi connectivity index (χ0) is 18.0. The molecule has 0 radical (unpaired) electrons. The number of hydrogen-bond donors (Lipinski definition) is 2. The minimum Gasteiger partial charge on any atom is -0.326 e. The molecule has 2 aromatic rings. The van der Waals surface area contributed by atoms with E-state index in [1.165, 1.54) is 18.2 Å². The molecule has 0 atom stereocenters. The van der Waals surface area contributed by atoms with Crippen molar-refractivity contribution in [3.05, 3.63) is 53.1 Å². The number of nitrogens with zero attached hydrogens (tertiary/aromatic N) is 1. The average Bonchev–Trinajstić information content (AvgIpc) is 3.39. The second-order valence-electron chi connectivity index (χ2n) is 5.70. The first kappa shape index (κ1) is 17.3. The number of anilines is 2. The van der Waals surface area contributed by atoms with Gasteiger partial charge in [0.2, 0.25) is 5.91 Å². The lowest BCUT2D eigenvalue weighted by Crippen LogP contribution is -2.15. The van der Waals surface area contributed by atoms with Crippen LogP contribution in [0, 0.1) is 17.2 Å². The molecule has 2 N–H and O–H groups in total. The standard InChI is InChI=1S/C17H14ClN3O3S/c18-16-9-15(7-6-12(16)10-19)25(23,24)21-14-3-1-2-13(8-14)20-17(22)11-4-5-11/h1-3,6-9,11,21H,4-5H2,(H,20,22). The van der Waals surface area contributed by atoms with Gasteiger partial charge in [-0.15, -0.1) is 0 Å². The van der Waals surface area contributed by atoms with Crippen LogP contribution in [0.4, 0.5) is 11.4 Å². The third-order valence-corrected chi connectivity index (χ3v) is 5.39. The summed E-state index contributed by atoms with van der Waals surface area (Å²) in [5, 5.41) is 11.7. The van der Waals surface area contributed by atoms with Crippen molar-refractivity contribution >= 4 is 38.9 Å². The predicted molar refractivity (Wildman–Crippen MR) is 94.8 cm³/mol. The minimum atomic E-state index is -3.87. The number of nitrogens with one attached hydrogen (secondary N) is 2. The van der Waals surface area contributed by atoms with Crippen LogP contribution in [0.25, 0.3) is 0 Å². The van der Waals surface area contributed by atoms with Crippen LogP contribution in [0.3, 0.4) is 0 Å². The molecule has 6 nitrogen and oxygen atoms in total. The SMILES string of the molecule is N#Cc1ccc(S(=O)(=O)Nc2cccc(NC(=O)C3CC3)c2)cc1Cl. The highest BCUT2D eigenvalue weighted by Gasteiger charge is 2.29. The first-order valence-electron chi connectivity index (χ1n) is 7.52. The number of carbonyl (C=O) groups is 1. The maximum atomic E-state index is 12.5. The van der Waals surface area contributed by atoms with E-state index >= 15 is 0 Å². The van der Waals surface area contributed by atoms with Crippen LogP contribution in [0.5, 0.6) is 0 Å². The van der Waals surface area contributed by atoms with Crippen molar-refractivity contribution in [1.29, 1.82) is 5.26 Å². The monoisotopic (exact) mass is 375 g/mol. The molecule has 0 aliphatic heterocycles. The zero-order valence-electron chi connectivity index (χ0n) is 13.0. The van der Waals surface area contributed by atoms with E-state index in [-0.39, 0.29) is 27.3 Å². The second kappa shape index (κ2) is 6.75. The second-order valence-corrected chi connectivity index (χ2v) is 7.79. The molecular weight excluding hydrogens is 362 g/mol. The van der Waals surface area contributed by atoms with Gasteiger partial charge in [-0.25, -0.2) is 8.42 Å². The van der Waals surface area contributed by atoms with Crippen LogP contribution < -0.4 is 10.0 Å². The first-order chi connectivity index (χ1) is 11.9. The number of nitriles is 1. The van der Waals surface area contributed by atoms with Gasteiger partial charge in [0.15, 0.2) is 0 Å². The largest absolute Gasteiger partial charge is 0.326 e. The quantitative estimate of drug-likeness (QED) is 0.836. The van der Waals surface area contributed by atoms with E-state index in [0.717, 1.165) is 12.8 Å². The van der Waals surface area contributed by atoms with Gasteiger partial charge in [0, 0.05) is 11.6 Å². The highest BCUT2D eigenvalue weighted by Crippen LogP contribution is 2.30. The third-order valence-electron chi connectivity index (χ3n) is 3.70. The lowest BCUT2D eigenvalue weighted by atomic mass is 10.2. The van der Waals surface area contributed by atoms with Crippen LogP contribution >= 0.6 is 11.6 Å². The van der Waals surface area contributed by atoms with Gasteiger partial charge in [-0.1, -0.05) is 17.7 Å². The summed E-state index contributed by atoms with van der Waals surface area (Å²) in [5.41, 5.74) is 1.04. The van der Waals surface area contributed by atoms with Gasteiger partial charge in [0.1, 0.15) is 6.07 Å². The van der Waals surface area contributed by atoms with E-state index in [1.54, 1.807) is 24.3 Å². The molecule has 3 rings (SSSR count). The molecule has 0 aromatic heterocycles. The smallest absolute Gasteiger partial charge is 0.261 e. The van der Waals surface area contributed by atoms with Gasteiger partial charge < -0.3 is 5.32 Å². The number of benzene rings is 2. The molecule has 8 heteroatoms. The van der Waals surface area contributed by atoms with Crippen molar-refractivity contribution < 1.29 is 13.2 Å². The Morgan fingerprint density at radius 2 is 1.88 bits per heavy atom. The minimum absolute atomic E-state index is 0.0519. The van der Waals surface area contributed by atoms with Crippen LogP contribution in [0.1, 0.15) is 18.4 Å². The van der Waals surface area contributed by atoms with Crippen molar-refractivity contribution in [3.63, 3.8) is 0 Å². The first-order valence-corrected chi connectivity index (χ1v) is 9.38. The van der Waals surface area contributed by atoms with E-state index in [9.17, 15) is 13.2 Å². The number of rotatable bonds is 5. The van der Waals surface area contributed by atoms with Crippen molar-refractivity contribution in [2.24, 2.45) is 5.92 Å². The molecule has 128 valence electrons. The molecule has 0 spiro atoms. The maximum absolute atomic E-state index is 12.5. The van der Waals surface area contributed by atoms with Crippen molar-refractivity contribution in [3.8, 4) is 6.07 Å². The average molecular weight is 376 g/mol. The number of sulfonamides is 1. The molecule has 0 unspecified atom stereocenters. The highest BCUT2D eigenvalue weighted by atomic mass is 35.5. The van der Waals surface area contributed by atoms with Gasteiger partial charge >= 0.3 is 0 Å². The summed E-state index contributed by atoms with van der Waals surface area (Å²) in [6.45, 7) is 0.